The highest BCUT2D eigenvalue weighted by Gasteiger charge is 2.53. The Balaban J connectivity index is 0.000000523. The highest BCUT2D eigenvalue weighted by molar-refractivity contribution is 5.79. The van der Waals surface area contributed by atoms with E-state index in [1.807, 2.05) is 13.8 Å². The van der Waals surface area contributed by atoms with E-state index in [1.54, 1.807) is 6.92 Å². The molecule has 4 nitrogen and oxygen atoms in total. The summed E-state index contributed by atoms with van der Waals surface area (Å²) in [6.07, 6.45) is 25.6. The Morgan fingerprint density at radius 3 is 1.67 bits per heavy atom. The molecule has 0 aromatic rings. The number of ether oxygens (including phenoxy) is 1. The minimum atomic E-state index is -0.301. The summed E-state index contributed by atoms with van der Waals surface area (Å²) in [6, 6.07) is 0. The molecule has 0 radical (unpaired) electrons. The van der Waals surface area contributed by atoms with Crippen LogP contribution in [0.5, 0.6) is 0 Å². The van der Waals surface area contributed by atoms with Crippen LogP contribution in [0.1, 0.15) is 98.8 Å². The Morgan fingerprint density at radius 1 is 0.846 bits per heavy atom. The molecule has 3 fully saturated rings. The van der Waals surface area contributed by atoms with E-state index in [4.69, 9.17) is 24.0 Å². The van der Waals surface area contributed by atoms with Gasteiger partial charge in [0, 0.05) is 12.5 Å². The third kappa shape index (κ3) is 11.6. The lowest BCUT2D eigenvalue weighted by molar-refractivity contribution is -0.149. The lowest BCUT2D eigenvalue weighted by atomic mass is 9.65. The van der Waals surface area contributed by atoms with Crippen LogP contribution in [0.3, 0.4) is 0 Å². The van der Waals surface area contributed by atoms with Crippen molar-refractivity contribution in [3.8, 4) is 72.6 Å². The SMILES string of the molecule is C#CC#CC#C.C#CC#CC#CC.C[C@@H]1OC(=O)C2(CCCCC2)[C@@H]1C.C[C@H](O)[C@@H](C)C1(CO)CCCCC1. The smallest absolute Gasteiger partial charge is 0.312 e. The lowest BCUT2D eigenvalue weighted by Gasteiger charge is -2.42. The first kappa shape index (κ1) is 35.8. The summed E-state index contributed by atoms with van der Waals surface area (Å²) < 4.78 is 5.33. The van der Waals surface area contributed by atoms with Crippen molar-refractivity contribution in [3.63, 3.8) is 0 Å². The molecule has 2 saturated carbocycles. The fourth-order valence-electron chi connectivity index (χ4n) is 5.59. The second-order valence-electron chi connectivity index (χ2n) is 10.5. The standard InChI is InChI=1S/C11H18O2.C11H22O2.C7H4.C6H2/c1-8-9(2)13-10(12)11(8)6-4-3-5-7-11;1-9(10(2)13)11(8-12)6-4-3-5-7-11;1-3-5-7-6-4-2;1-3-5-6-4-2/h8-9H,3-7H2,1-2H3;9-10,12-13H,3-8H2,1-2H3;1H,2H3;1-2H/t8-,9+;9-,10+;;/m11../s1. The third-order valence-corrected chi connectivity index (χ3v) is 8.40. The summed E-state index contributed by atoms with van der Waals surface area (Å²) >= 11 is 0. The summed E-state index contributed by atoms with van der Waals surface area (Å²) in [4.78, 5) is 11.7. The maximum Gasteiger partial charge on any atom is 0.312 e. The molecule has 0 aromatic carbocycles. The molecule has 210 valence electrons. The molecule has 4 heteroatoms. The molecule has 3 rings (SSSR count). The van der Waals surface area contributed by atoms with Gasteiger partial charge in [-0.3, -0.25) is 4.79 Å². The first-order valence-corrected chi connectivity index (χ1v) is 13.9. The van der Waals surface area contributed by atoms with Crippen LogP contribution in [0.2, 0.25) is 0 Å². The van der Waals surface area contributed by atoms with Gasteiger partial charge in [0.25, 0.3) is 0 Å². The van der Waals surface area contributed by atoms with Crippen LogP contribution in [-0.4, -0.2) is 35.0 Å². The number of terminal acetylenes is 3. The zero-order valence-electron chi connectivity index (χ0n) is 24.5. The van der Waals surface area contributed by atoms with Crippen LogP contribution in [-0.2, 0) is 9.53 Å². The molecule has 0 aromatic heterocycles. The van der Waals surface area contributed by atoms with Gasteiger partial charge in [0.1, 0.15) is 6.10 Å². The van der Waals surface area contributed by atoms with Crippen LogP contribution >= 0.6 is 0 Å². The molecule has 2 N–H and O–H groups in total. The van der Waals surface area contributed by atoms with E-state index in [0.717, 1.165) is 25.7 Å². The largest absolute Gasteiger partial charge is 0.462 e. The minimum absolute atomic E-state index is 0.00637. The minimum Gasteiger partial charge on any atom is -0.462 e. The Bertz CT molecular complexity index is 1030. The number of aliphatic hydroxyl groups excluding tert-OH is 2. The lowest BCUT2D eigenvalue weighted by Crippen LogP contribution is -2.40. The van der Waals surface area contributed by atoms with E-state index in [-0.39, 0.29) is 41.5 Å². The van der Waals surface area contributed by atoms with Crippen LogP contribution < -0.4 is 0 Å². The van der Waals surface area contributed by atoms with Crippen molar-refractivity contribution in [1.82, 2.24) is 0 Å². The summed E-state index contributed by atoms with van der Waals surface area (Å²) in [5.41, 5.74) is -0.0932. The number of hydrogen-bond acceptors (Lipinski definition) is 4. The number of carbonyl (C=O) groups is 1. The fraction of sp³-hybridized carbons (Fsp3) is 0.629. The highest BCUT2D eigenvalue weighted by Crippen LogP contribution is 2.49. The molecule has 1 heterocycles. The van der Waals surface area contributed by atoms with Crippen LogP contribution in [0.15, 0.2) is 0 Å². The molecule has 2 aliphatic carbocycles. The Kier molecular flexibility index (Phi) is 18.1. The van der Waals surface area contributed by atoms with Gasteiger partial charge in [-0.05, 0) is 105 Å². The van der Waals surface area contributed by atoms with E-state index in [9.17, 15) is 15.0 Å². The third-order valence-electron chi connectivity index (χ3n) is 8.40. The molecular weight excluding hydrogens is 484 g/mol. The molecule has 0 bridgehead atoms. The van der Waals surface area contributed by atoms with Gasteiger partial charge in [-0.25, -0.2) is 0 Å². The Labute approximate surface area is 238 Å². The van der Waals surface area contributed by atoms with E-state index in [1.165, 1.54) is 38.5 Å². The van der Waals surface area contributed by atoms with Gasteiger partial charge >= 0.3 is 5.97 Å². The van der Waals surface area contributed by atoms with Gasteiger partial charge in [0.2, 0.25) is 0 Å². The van der Waals surface area contributed by atoms with E-state index in [0.29, 0.717) is 5.92 Å². The predicted octanol–water partition coefficient (Wildman–Crippen LogP) is 5.37. The molecule has 0 unspecified atom stereocenters. The number of rotatable bonds is 3. The number of hydrogen-bond donors (Lipinski definition) is 2. The summed E-state index contributed by atoms with van der Waals surface area (Å²) in [5.74, 6) is 21.3. The molecule has 1 spiro atoms. The van der Waals surface area contributed by atoms with Gasteiger partial charge in [-0.2, -0.15) is 0 Å². The van der Waals surface area contributed by atoms with Crippen LogP contribution in [0, 0.1) is 95.2 Å². The Morgan fingerprint density at radius 2 is 1.31 bits per heavy atom. The van der Waals surface area contributed by atoms with Gasteiger partial charge in [0.15, 0.2) is 0 Å². The number of aliphatic hydroxyl groups is 2. The number of esters is 1. The summed E-state index contributed by atoms with van der Waals surface area (Å²) in [6.45, 7) is 10.0. The molecule has 1 aliphatic heterocycles. The zero-order chi connectivity index (χ0) is 29.7. The second-order valence-corrected chi connectivity index (χ2v) is 10.5. The maximum absolute atomic E-state index is 11.7. The first-order chi connectivity index (χ1) is 18.6. The van der Waals surface area contributed by atoms with Crippen molar-refractivity contribution < 1.29 is 19.7 Å². The number of carbonyl (C=O) groups excluding carboxylic acids is 1. The molecular formula is C35H46O4. The zero-order valence-corrected chi connectivity index (χ0v) is 24.5. The van der Waals surface area contributed by atoms with Crippen molar-refractivity contribution in [2.45, 2.75) is 111 Å². The second kappa shape index (κ2) is 19.8. The average Bonchev–Trinajstić information content (AvgIpc) is 3.16. The van der Waals surface area contributed by atoms with Gasteiger partial charge in [-0.15, -0.1) is 19.3 Å². The van der Waals surface area contributed by atoms with Gasteiger partial charge < -0.3 is 14.9 Å². The van der Waals surface area contributed by atoms with Crippen LogP contribution in [0.4, 0.5) is 0 Å². The van der Waals surface area contributed by atoms with E-state index >= 15 is 0 Å². The van der Waals surface area contributed by atoms with Crippen molar-refractivity contribution in [2.75, 3.05) is 6.61 Å². The molecule has 0 amide bonds. The summed E-state index contributed by atoms with van der Waals surface area (Å²) in [5, 5.41) is 19.0. The summed E-state index contributed by atoms with van der Waals surface area (Å²) in [7, 11) is 0. The predicted molar refractivity (Wildman–Crippen MR) is 159 cm³/mol. The molecule has 4 atom stereocenters. The normalized spacial score (nSPS) is 22.6. The fourth-order valence-corrected chi connectivity index (χ4v) is 5.59. The topological polar surface area (TPSA) is 66.8 Å². The molecule has 1 saturated heterocycles. The molecule has 3 aliphatic rings. The van der Waals surface area contributed by atoms with Crippen molar-refractivity contribution in [3.05, 3.63) is 0 Å². The number of cyclic esters (lactones) is 1. The first-order valence-electron chi connectivity index (χ1n) is 13.9. The van der Waals surface area contributed by atoms with E-state index in [2.05, 4.69) is 67.1 Å². The van der Waals surface area contributed by atoms with Gasteiger partial charge in [0.05, 0.1) is 11.5 Å². The Hall–Kier alpha value is -3.25. The monoisotopic (exact) mass is 530 g/mol. The van der Waals surface area contributed by atoms with Crippen molar-refractivity contribution in [2.24, 2.45) is 22.7 Å². The quantitative estimate of drug-likeness (QED) is 0.381. The van der Waals surface area contributed by atoms with Crippen molar-refractivity contribution >= 4 is 5.97 Å². The average molecular weight is 531 g/mol. The van der Waals surface area contributed by atoms with Gasteiger partial charge in [-0.1, -0.05) is 58.3 Å². The maximum atomic E-state index is 11.7. The highest BCUT2D eigenvalue weighted by atomic mass is 16.6. The molecule has 39 heavy (non-hydrogen) atoms. The van der Waals surface area contributed by atoms with Crippen LogP contribution in [0.25, 0.3) is 0 Å². The van der Waals surface area contributed by atoms with Crippen molar-refractivity contribution in [1.29, 1.82) is 0 Å². The van der Waals surface area contributed by atoms with E-state index < -0.39 is 0 Å².